The molecule has 0 aliphatic heterocycles. The number of hydrogen-bond acceptors (Lipinski definition) is 3. The molecule has 0 aliphatic carbocycles. The van der Waals surface area contributed by atoms with Gasteiger partial charge in [-0.1, -0.05) is 12.2 Å². The number of pyridine rings is 1. The summed E-state index contributed by atoms with van der Waals surface area (Å²) < 4.78 is 0. The van der Waals surface area contributed by atoms with Crippen molar-refractivity contribution in [1.29, 1.82) is 0 Å². The fraction of sp³-hybridized carbons (Fsp3) is 0.273. The van der Waals surface area contributed by atoms with Crippen molar-refractivity contribution < 1.29 is 4.79 Å². The fourth-order valence-electron chi connectivity index (χ4n) is 1.05. The highest BCUT2D eigenvalue weighted by Gasteiger charge is 1.98. The molecule has 0 radical (unpaired) electrons. The van der Waals surface area contributed by atoms with Crippen LogP contribution in [-0.4, -0.2) is 24.4 Å². The van der Waals surface area contributed by atoms with Gasteiger partial charge in [-0.25, -0.2) is 0 Å². The van der Waals surface area contributed by atoms with Crippen molar-refractivity contribution in [2.24, 2.45) is 0 Å². The molecular formula is C11H14N2O. The minimum absolute atomic E-state index is 0.0429. The van der Waals surface area contributed by atoms with Crippen molar-refractivity contribution >= 4 is 11.9 Å². The van der Waals surface area contributed by atoms with Crippen LogP contribution in [0.15, 0.2) is 24.5 Å². The summed E-state index contributed by atoms with van der Waals surface area (Å²) in [6.07, 6.45) is 7.24. The number of hydrogen-bond donors (Lipinski definition) is 1. The summed E-state index contributed by atoms with van der Waals surface area (Å²) in [5.74, 6) is 0.0429. The van der Waals surface area contributed by atoms with Gasteiger partial charge in [0.25, 0.3) is 0 Å². The van der Waals surface area contributed by atoms with E-state index in [-0.39, 0.29) is 5.78 Å². The molecule has 1 aromatic rings. The summed E-state index contributed by atoms with van der Waals surface area (Å²) >= 11 is 0. The van der Waals surface area contributed by atoms with Gasteiger partial charge in [-0.05, 0) is 25.6 Å². The highest BCUT2D eigenvalue weighted by atomic mass is 16.1. The van der Waals surface area contributed by atoms with E-state index in [0.29, 0.717) is 5.56 Å². The third-order valence-electron chi connectivity index (χ3n) is 1.80. The van der Waals surface area contributed by atoms with Crippen LogP contribution in [0.2, 0.25) is 0 Å². The van der Waals surface area contributed by atoms with Crippen LogP contribution in [-0.2, 0) is 0 Å². The smallest absolute Gasteiger partial charge is 0.161 e. The Morgan fingerprint density at radius 1 is 1.57 bits per heavy atom. The normalized spacial score (nSPS) is 10.7. The molecule has 14 heavy (non-hydrogen) atoms. The molecule has 3 heteroatoms. The molecule has 1 rings (SSSR count). The number of ketones is 1. The van der Waals surface area contributed by atoms with Gasteiger partial charge >= 0.3 is 0 Å². The van der Waals surface area contributed by atoms with Crippen LogP contribution in [0.3, 0.4) is 0 Å². The van der Waals surface area contributed by atoms with E-state index in [4.69, 9.17) is 0 Å². The monoisotopic (exact) mass is 190 g/mol. The maximum absolute atomic E-state index is 11.1. The molecule has 0 spiro atoms. The SMILES string of the molecule is CNCC=Cc1cncc(C(C)=O)c1. The molecule has 0 unspecified atom stereocenters. The number of nitrogens with zero attached hydrogens (tertiary/aromatic N) is 1. The van der Waals surface area contributed by atoms with E-state index in [1.165, 1.54) is 6.92 Å². The van der Waals surface area contributed by atoms with Crippen molar-refractivity contribution in [2.45, 2.75) is 6.92 Å². The first-order valence-electron chi connectivity index (χ1n) is 4.51. The van der Waals surface area contributed by atoms with E-state index in [1.54, 1.807) is 12.4 Å². The second-order valence-corrected chi connectivity index (χ2v) is 3.02. The molecule has 0 aliphatic rings. The number of aromatic nitrogens is 1. The van der Waals surface area contributed by atoms with Crippen molar-refractivity contribution in [1.82, 2.24) is 10.3 Å². The second kappa shape index (κ2) is 5.29. The van der Waals surface area contributed by atoms with Crippen LogP contribution in [0, 0.1) is 0 Å². The van der Waals surface area contributed by atoms with E-state index in [0.717, 1.165) is 12.1 Å². The molecule has 0 saturated heterocycles. The van der Waals surface area contributed by atoms with E-state index < -0.39 is 0 Å². The maximum Gasteiger partial charge on any atom is 0.161 e. The molecule has 0 saturated carbocycles. The van der Waals surface area contributed by atoms with E-state index in [9.17, 15) is 4.79 Å². The van der Waals surface area contributed by atoms with Crippen molar-refractivity contribution in [3.63, 3.8) is 0 Å². The van der Waals surface area contributed by atoms with Crippen LogP contribution < -0.4 is 5.32 Å². The first-order chi connectivity index (χ1) is 6.74. The van der Waals surface area contributed by atoms with Gasteiger partial charge in [0.15, 0.2) is 5.78 Å². The Labute approximate surface area is 83.9 Å². The Bertz CT molecular complexity index is 345. The number of likely N-dealkylation sites (N-methyl/N-ethyl adjacent to an activating group) is 1. The van der Waals surface area contributed by atoms with Crippen LogP contribution in [0.1, 0.15) is 22.8 Å². The minimum Gasteiger partial charge on any atom is -0.316 e. The Morgan fingerprint density at radius 2 is 2.36 bits per heavy atom. The topological polar surface area (TPSA) is 42.0 Å². The Morgan fingerprint density at radius 3 is 3.00 bits per heavy atom. The van der Waals surface area contributed by atoms with Gasteiger partial charge in [0.2, 0.25) is 0 Å². The van der Waals surface area contributed by atoms with Gasteiger partial charge in [-0.15, -0.1) is 0 Å². The first-order valence-corrected chi connectivity index (χ1v) is 4.51. The molecule has 3 nitrogen and oxygen atoms in total. The number of rotatable bonds is 4. The standard InChI is InChI=1S/C11H14N2O/c1-9(14)11-6-10(7-13-8-11)4-3-5-12-2/h3-4,6-8,12H,5H2,1-2H3. The summed E-state index contributed by atoms with van der Waals surface area (Å²) in [5.41, 5.74) is 1.60. The summed E-state index contributed by atoms with van der Waals surface area (Å²) in [6.45, 7) is 2.35. The molecule has 1 heterocycles. The predicted molar refractivity (Wildman–Crippen MR) is 57.2 cm³/mol. The molecule has 74 valence electrons. The lowest BCUT2D eigenvalue weighted by molar-refractivity contribution is 0.101. The molecule has 0 fully saturated rings. The lowest BCUT2D eigenvalue weighted by Gasteiger charge is -1.96. The van der Waals surface area contributed by atoms with Gasteiger partial charge < -0.3 is 5.32 Å². The Hall–Kier alpha value is -1.48. The third-order valence-corrected chi connectivity index (χ3v) is 1.80. The largest absolute Gasteiger partial charge is 0.316 e. The van der Waals surface area contributed by atoms with Gasteiger partial charge in [0.1, 0.15) is 0 Å². The van der Waals surface area contributed by atoms with Crippen LogP contribution in [0.25, 0.3) is 6.08 Å². The Balaban J connectivity index is 2.78. The number of carbonyl (C=O) groups excluding carboxylic acids is 1. The van der Waals surface area contributed by atoms with Crippen LogP contribution in [0.5, 0.6) is 0 Å². The summed E-state index contributed by atoms with van der Waals surface area (Å²) in [4.78, 5) is 15.0. The zero-order valence-corrected chi connectivity index (χ0v) is 8.45. The minimum atomic E-state index is 0.0429. The molecule has 1 aromatic heterocycles. The molecule has 0 aromatic carbocycles. The van der Waals surface area contributed by atoms with Crippen molar-refractivity contribution in [3.8, 4) is 0 Å². The number of Topliss-reactive ketones (excluding diaryl/α,β-unsaturated/α-hetero) is 1. The molecule has 1 N–H and O–H groups in total. The first kappa shape index (κ1) is 10.6. The van der Waals surface area contributed by atoms with Gasteiger partial charge in [-0.2, -0.15) is 0 Å². The average molecular weight is 190 g/mol. The zero-order valence-electron chi connectivity index (χ0n) is 8.45. The Kier molecular flexibility index (Phi) is 4.01. The highest BCUT2D eigenvalue weighted by molar-refractivity contribution is 5.94. The zero-order chi connectivity index (χ0) is 10.4. The fourth-order valence-corrected chi connectivity index (χ4v) is 1.05. The third kappa shape index (κ3) is 3.11. The molecule has 0 atom stereocenters. The second-order valence-electron chi connectivity index (χ2n) is 3.02. The lowest BCUT2D eigenvalue weighted by Crippen LogP contribution is -2.03. The molecular weight excluding hydrogens is 176 g/mol. The summed E-state index contributed by atoms with van der Waals surface area (Å²) in [5, 5.41) is 3.00. The highest BCUT2D eigenvalue weighted by Crippen LogP contribution is 2.05. The predicted octanol–water partition coefficient (Wildman–Crippen LogP) is 1.52. The van der Waals surface area contributed by atoms with Crippen LogP contribution >= 0.6 is 0 Å². The average Bonchev–Trinajstić information content (AvgIpc) is 2.19. The quantitative estimate of drug-likeness (QED) is 0.732. The van der Waals surface area contributed by atoms with Crippen molar-refractivity contribution in [3.05, 3.63) is 35.7 Å². The van der Waals surface area contributed by atoms with Crippen LogP contribution in [0.4, 0.5) is 0 Å². The van der Waals surface area contributed by atoms with Gasteiger partial charge in [-0.3, -0.25) is 9.78 Å². The van der Waals surface area contributed by atoms with E-state index in [1.807, 2.05) is 25.3 Å². The maximum atomic E-state index is 11.1. The van der Waals surface area contributed by atoms with E-state index in [2.05, 4.69) is 10.3 Å². The number of nitrogens with one attached hydrogen (secondary N) is 1. The summed E-state index contributed by atoms with van der Waals surface area (Å²) in [7, 11) is 1.88. The summed E-state index contributed by atoms with van der Waals surface area (Å²) in [6, 6.07) is 1.83. The lowest BCUT2D eigenvalue weighted by atomic mass is 10.1. The number of carbonyl (C=O) groups is 1. The van der Waals surface area contributed by atoms with Gasteiger partial charge in [0, 0.05) is 24.5 Å². The van der Waals surface area contributed by atoms with E-state index >= 15 is 0 Å². The van der Waals surface area contributed by atoms with Crippen molar-refractivity contribution in [2.75, 3.05) is 13.6 Å². The molecule has 0 bridgehead atoms. The molecule has 0 amide bonds. The van der Waals surface area contributed by atoms with Gasteiger partial charge in [0.05, 0.1) is 0 Å².